The predicted molar refractivity (Wildman–Crippen MR) is 86.8 cm³/mol. The average molecular weight is 282 g/mol. The summed E-state index contributed by atoms with van der Waals surface area (Å²) >= 11 is 0. The molecule has 0 spiro atoms. The second-order valence-corrected chi connectivity index (χ2v) is 7.09. The van der Waals surface area contributed by atoms with Crippen LogP contribution < -0.4 is 4.74 Å². The van der Waals surface area contributed by atoms with E-state index in [1.54, 1.807) is 16.7 Å². The minimum atomic E-state index is 0.764. The van der Waals surface area contributed by atoms with E-state index < -0.39 is 0 Å². The van der Waals surface area contributed by atoms with Crippen molar-refractivity contribution < 1.29 is 4.74 Å². The van der Waals surface area contributed by atoms with Gasteiger partial charge in [-0.05, 0) is 93.4 Å². The standard InChI is InChI=1S/C20H26O/c1-3-21-15-6-9-17-14(12-15)5-8-20-18-7-4-13(2)16(18)10-11-19(17)20/h6,9,12,18-20H,3-5,7-8,10-11H2,1-2H3/t18-,19-,20-/m1/s1. The third-order valence-electron chi connectivity index (χ3n) is 6.16. The minimum absolute atomic E-state index is 0.764. The van der Waals surface area contributed by atoms with Crippen molar-refractivity contribution in [2.75, 3.05) is 6.61 Å². The summed E-state index contributed by atoms with van der Waals surface area (Å²) in [6.45, 7) is 5.20. The van der Waals surface area contributed by atoms with Crippen LogP contribution in [-0.4, -0.2) is 6.61 Å². The fourth-order valence-electron chi connectivity index (χ4n) is 5.23. The Balaban J connectivity index is 1.65. The molecule has 0 aromatic heterocycles. The zero-order valence-corrected chi connectivity index (χ0v) is 13.3. The van der Waals surface area contributed by atoms with Gasteiger partial charge < -0.3 is 4.74 Å². The van der Waals surface area contributed by atoms with Crippen molar-refractivity contribution in [3.05, 3.63) is 40.5 Å². The molecule has 21 heavy (non-hydrogen) atoms. The molecule has 3 atom stereocenters. The highest BCUT2D eigenvalue weighted by Crippen LogP contribution is 2.54. The number of hydrogen-bond acceptors (Lipinski definition) is 1. The lowest BCUT2D eigenvalue weighted by Gasteiger charge is -2.42. The van der Waals surface area contributed by atoms with Gasteiger partial charge in [-0.2, -0.15) is 0 Å². The number of fused-ring (bicyclic) bond motifs is 5. The molecule has 0 radical (unpaired) electrons. The number of allylic oxidation sites excluding steroid dienone is 2. The van der Waals surface area contributed by atoms with Gasteiger partial charge in [0.2, 0.25) is 0 Å². The Hall–Kier alpha value is -1.24. The normalized spacial score (nSPS) is 30.7. The van der Waals surface area contributed by atoms with E-state index in [4.69, 9.17) is 4.74 Å². The van der Waals surface area contributed by atoms with Crippen LogP contribution in [-0.2, 0) is 6.42 Å². The Morgan fingerprint density at radius 1 is 1.05 bits per heavy atom. The molecule has 3 aliphatic rings. The Labute approximate surface area is 128 Å². The maximum atomic E-state index is 5.68. The van der Waals surface area contributed by atoms with Crippen LogP contribution in [0, 0.1) is 11.8 Å². The largest absolute Gasteiger partial charge is 0.494 e. The molecule has 0 aliphatic heterocycles. The molecule has 0 amide bonds. The van der Waals surface area contributed by atoms with Gasteiger partial charge >= 0.3 is 0 Å². The van der Waals surface area contributed by atoms with Crippen molar-refractivity contribution in [2.45, 2.75) is 58.3 Å². The van der Waals surface area contributed by atoms with E-state index in [-0.39, 0.29) is 0 Å². The van der Waals surface area contributed by atoms with Gasteiger partial charge in [-0.3, -0.25) is 0 Å². The van der Waals surface area contributed by atoms with Gasteiger partial charge in [0.05, 0.1) is 6.61 Å². The van der Waals surface area contributed by atoms with Crippen LogP contribution in [0.25, 0.3) is 0 Å². The summed E-state index contributed by atoms with van der Waals surface area (Å²) in [6, 6.07) is 6.87. The number of aryl methyl sites for hydroxylation is 1. The number of rotatable bonds is 2. The van der Waals surface area contributed by atoms with Gasteiger partial charge in [0.25, 0.3) is 0 Å². The zero-order valence-electron chi connectivity index (χ0n) is 13.3. The third-order valence-corrected chi connectivity index (χ3v) is 6.16. The molecule has 4 rings (SSSR count). The lowest BCUT2D eigenvalue weighted by Crippen LogP contribution is -2.31. The monoisotopic (exact) mass is 282 g/mol. The van der Waals surface area contributed by atoms with E-state index in [0.717, 1.165) is 30.1 Å². The van der Waals surface area contributed by atoms with Crippen LogP contribution in [0.3, 0.4) is 0 Å². The number of benzene rings is 1. The summed E-state index contributed by atoms with van der Waals surface area (Å²) in [4.78, 5) is 0. The van der Waals surface area contributed by atoms with Crippen LogP contribution in [0.5, 0.6) is 5.75 Å². The summed E-state index contributed by atoms with van der Waals surface area (Å²) in [6.07, 6.45) is 8.14. The molecule has 0 saturated heterocycles. The minimum Gasteiger partial charge on any atom is -0.494 e. The first-order valence-corrected chi connectivity index (χ1v) is 8.72. The summed E-state index contributed by atoms with van der Waals surface area (Å²) < 4.78 is 5.68. The zero-order chi connectivity index (χ0) is 14.4. The second kappa shape index (κ2) is 5.19. The van der Waals surface area contributed by atoms with Gasteiger partial charge in [0, 0.05) is 0 Å². The Morgan fingerprint density at radius 2 is 1.90 bits per heavy atom. The van der Waals surface area contributed by atoms with Crippen molar-refractivity contribution in [3.8, 4) is 5.75 Å². The summed E-state index contributed by atoms with van der Waals surface area (Å²) in [5.41, 5.74) is 6.75. The highest BCUT2D eigenvalue weighted by atomic mass is 16.5. The van der Waals surface area contributed by atoms with Gasteiger partial charge in [-0.15, -0.1) is 0 Å². The molecule has 1 aromatic rings. The van der Waals surface area contributed by atoms with Crippen LogP contribution in [0.2, 0.25) is 0 Å². The molecular formula is C20H26O. The molecule has 1 heteroatoms. The fourth-order valence-corrected chi connectivity index (χ4v) is 5.23. The van der Waals surface area contributed by atoms with Crippen molar-refractivity contribution in [1.82, 2.24) is 0 Å². The Bertz CT molecular complexity index is 584. The SMILES string of the molecule is CCOc1ccc2c(c1)CC[C@@H]1[C@@H]3CCC(C)=C3CC[C@H]21. The van der Waals surface area contributed by atoms with Gasteiger partial charge in [0.15, 0.2) is 0 Å². The van der Waals surface area contributed by atoms with E-state index >= 15 is 0 Å². The summed E-state index contributed by atoms with van der Waals surface area (Å²) in [5.74, 6) is 3.69. The van der Waals surface area contributed by atoms with Crippen molar-refractivity contribution >= 4 is 0 Å². The number of ether oxygens (including phenoxy) is 1. The maximum absolute atomic E-state index is 5.68. The maximum Gasteiger partial charge on any atom is 0.119 e. The first-order valence-electron chi connectivity index (χ1n) is 8.72. The lowest BCUT2D eigenvalue weighted by atomic mass is 9.62. The van der Waals surface area contributed by atoms with E-state index in [9.17, 15) is 0 Å². The molecule has 112 valence electrons. The highest BCUT2D eigenvalue weighted by Gasteiger charge is 2.41. The first kappa shape index (κ1) is 13.4. The molecule has 1 fully saturated rings. The Morgan fingerprint density at radius 3 is 2.76 bits per heavy atom. The number of hydrogen-bond donors (Lipinski definition) is 0. The predicted octanol–water partition coefficient (Wildman–Crippen LogP) is 5.25. The van der Waals surface area contributed by atoms with Crippen LogP contribution in [0.4, 0.5) is 0 Å². The van der Waals surface area contributed by atoms with E-state index in [2.05, 4.69) is 32.0 Å². The molecular weight excluding hydrogens is 256 g/mol. The summed E-state index contributed by atoms with van der Waals surface area (Å²) in [7, 11) is 0. The second-order valence-electron chi connectivity index (χ2n) is 7.09. The quantitative estimate of drug-likeness (QED) is 0.673. The molecule has 0 heterocycles. The molecule has 1 aromatic carbocycles. The van der Waals surface area contributed by atoms with Crippen LogP contribution in [0.15, 0.2) is 29.3 Å². The molecule has 3 aliphatic carbocycles. The molecule has 0 bridgehead atoms. The Kier molecular flexibility index (Phi) is 3.32. The highest BCUT2D eigenvalue weighted by molar-refractivity contribution is 5.42. The fraction of sp³-hybridized carbons (Fsp3) is 0.600. The van der Waals surface area contributed by atoms with Gasteiger partial charge in [-0.25, -0.2) is 0 Å². The third kappa shape index (κ3) is 2.13. The van der Waals surface area contributed by atoms with E-state index in [1.165, 1.54) is 38.5 Å². The van der Waals surface area contributed by atoms with Crippen molar-refractivity contribution in [3.63, 3.8) is 0 Å². The van der Waals surface area contributed by atoms with E-state index in [1.807, 2.05) is 5.57 Å². The van der Waals surface area contributed by atoms with Gasteiger partial charge in [-0.1, -0.05) is 17.2 Å². The molecule has 1 nitrogen and oxygen atoms in total. The average Bonchev–Trinajstić information content (AvgIpc) is 2.89. The lowest BCUT2D eigenvalue weighted by molar-refractivity contribution is 0.233. The summed E-state index contributed by atoms with van der Waals surface area (Å²) in [5, 5.41) is 0. The van der Waals surface area contributed by atoms with Crippen LogP contribution >= 0.6 is 0 Å². The first-order chi connectivity index (χ1) is 10.3. The van der Waals surface area contributed by atoms with Gasteiger partial charge in [0.1, 0.15) is 5.75 Å². The smallest absolute Gasteiger partial charge is 0.119 e. The molecule has 1 saturated carbocycles. The van der Waals surface area contributed by atoms with Crippen molar-refractivity contribution in [2.24, 2.45) is 11.8 Å². The molecule has 0 unspecified atom stereocenters. The van der Waals surface area contributed by atoms with Crippen molar-refractivity contribution in [1.29, 1.82) is 0 Å². The molecule has 0 N–H and O–H groups in total. The topological polar surface area (TPSA) is 9.23 Å². The van der Waals surface area contributed by atoms with E-state index in [0.29, 0.717) is 0 Å². The van der Waals surface area contributed by atoms with Crippen LogP contribution in [0.1, 0.15) is 63.0 Å².